The summed E-state index contributed by atoms with van der Waals surface area (Å²) in [6.07, 6.45) is 0. The van der Waals surface area contributed by atoms with Crippen LogP contribution in [-0.4, -0.2) is 12.6 Å². The third kappa shape index (κ3) is 0.916. The Labute approximate surface area is 76.5 Å². The highest BCUT2D eigenvalue weighted by Crippen LogP contribution is 2.57. The van der Waals surface area contributed by atoms with E-state index in [1.165, 1.54) is 5.56 Å². The largest absolute Gasteiger partial charge is 0.465 e. The number of benzene rings is 1. The maximum absolute atomic E-state index is 11.2. The van der Waals surface area contributed by atoms with E-state index >= 15 is 0 Å². The Balaban J connectivity index is 1.88. The number of carbonyl (C=O) groups is 1. The molecule has 1 saturated carbocycles. The molecule has 2 nitrogen and oxygen atoms in total. The van der Waals surface area contributed by atoms with Crippen LogP contribution in [0.2, 0.25) is 0 Å². The Hall–Kier alpha value is -1.31. The minimum atomic E-state index is -0.00106. The van der Waals surface area contributed by atoms with Gasteiger partial charge in [0.1, 0.15) is 0 Å². The summed E-state index contributed by atoms with van der Waals surface area (Å²) in [7, 11) is 0. The lowest BCUT2D eigenvalue weighted by Crippen LogP contribution is -2.03. The minimum Gasteiger partial charge on any atom is -0.465 e. The lowest BCUT2D eigenvalue weighted by atomic mass is 10.1. The summed E-state index contributed by atoms with van der Waals surface area (Å²) in [5, 5.41) is 0. The highest BCUT2D eigenvalue weighted by atomic mass is 16.5. The number of hydrogen-bond donors (Lipinski definition) is 0. The molecule has 1 aromatic rings. The molecule has 0 amide bonds. The lowest BCUT2D eigenvalue weighted by Gasteiger charge is -2.03. The van der Waals surface area contributed by atoms with Crippen LogP contribution in [0.4, 0.5) is 0 Å². The van der Waals surface area contributed by atoms with Gasteiger partial charge in [-0.2, -0.15) is 0 Å². The van der Waals surface area contributed by atoms with Crippen molar-refractivity contribution in [1.29, 1.82) is 0 Å². The first-order valence-electron chi connectivity index (χ1n) is 4.59. The van der Waals surface area contributed by atoms with Gasteiger partial charge in [-0.3, -0.25) is 4.79 Å². The van der Waals surface area contributed by atoms with E-state index in [0.29, 0.717) is 18.4 Å². The standard InChI is InChI=1S/C11H10O2/c12-11-10-8(6-13-11)9(10)7-4-2-1-3-5-7/h1-5,8-10H,6H2/t8-,9-,10-/m1/s1. The third-order valence-electron chi connectivity index (χ3n) is 3.04. The van der Waals surface area contributed by atoms with Crippen molar-refractivity contribution in [1.82, 2.24) is 0 Å². The van der Waals surface area contributed by atoms with Crippen LogP contribution in [0.3, 0.4) is 0 Å². The van der Waals surface area contributed by atoms with Gasteiger partial charge < -0.3 is 4.74 Å². The van der Waals surface area contributed by atoms with E-state index in [9.17, 15) is 4.79 Å². The van der Waals surface area contributed by atoms with Crippen molar-refractivity contribution in [3.8, 4) is 0 Å². The van der Waals surface area contributed by atoms with E-state index in [1.54, 1.807) is 0 Å². The van der Waals surface area contributed by atoms with Crippen LogP contribution in [-0.2, 0) is 9.53 Å². The fraction of sp³-hybridized carbons (Fsp3) is 0.364. The van der Waals surface area contributed by atoms with Crippen molar-refractivity contribution in [3.05, 3.63) is 35.9 Å². The Morgan fingerprint density at radius 2 is 1.92 bits per heavy atom. The van der Waals surface area contributed by atoms with E-state index < -0.39 is 0 Å². The van der Waals surface area contributed by atoms with E-state index in [1.807, 2.05) is 18.2 Å². The van der Waals surface area contributed by atoms with Crippen molar-refractivity contribution >= 4 is 5.97 Å². The fourth-order valence-corrected chi connectivity index (χ4v) is 2.31. The summed E-state index contributed by atoms with van der Waals surface area (Å²) in [6, 6.07) is 10.2. The Morgan fingerprint density at radius 3 is 2.54 bits per heavy atom. The second-order valence-electron chi connectivity index (χ2n) is 3.76. The number of esters is 1. The Kier molecular flexibility index (Phi) is 1.29. The molecule has 0 bridgehead atoms. The maximum atomic E-state index is 11.2. The molecule has 3 atom stereocenters. The summed E-state index contributed by atoms with van der Waals surface area (Å²) in [4.78, 5) is 11.2. The predicted octanol–water partition coefficient (Wildman–Crippen LogP) is 1.57. The van der Waals surface area contributed by atoms with Gasteiger partial charge in [-0.15, -0.1) is 0 Å². The normalized spacial score (nSPS) is 35.4. The van der Waals surface area contributed by atoms with Crippen LogP contribution >= 0.6 is 0 Å². The van der Waals surface area contributed by atoms with Gasteiger partial charge in [0.2, 0.25) is 0 Å². The molecule has 13 heavy (non-hydrogen) atoms. The van der Waals surface area contributed by atoms with Gasteiger partial charge in [0, 0.05) is 11.8 Å². The van der Waals surface area contributed by atoms with Gasteiger partial charge in [0.05, 0.1) is 12.5 Å². The number of carbonyl (C=O) groups excluding carboxylic acids is 1. The molecule has 0 radical (unpaired) electrons. The molecule has 3 rings (SSSR count). The highest BCUT2D eigenvalue weighted by Gasteiger charge is 2.60. The minimum absolute atomic E-state index is 0.00106. The molecule has 2 heteroatoms. The molecule has 2 fully saturated rings. The van der Waals surface area contributed by atoms with Crippen LogP contribution in [0.1, 0.15) is 11.5 Å². The summed E-state index contributed by atoms with van der Waals surface area (Å²) in [5.41, 5.74) is 1.29. The number of cyclic esters (lactones) is 1. The molecule has 0 unspecified atom stereocenters. The van der Waals surface area contributed by atoms with Crippen LogP contribution in [0.5, 0.6) is 0 Å². The summed E-state index contributed by atoms with van der Waals surface area (Å²) >= 11 is 0. The molecule has 66 valence electrons. The van der Waals surface area contributed by atoms with Crippen molar-refractivity contribution < 1.29 is 9.53 Å². The summed E-state index contributed by atoms with van der Waals surface area (Å²) in [6.45, 7) is 0.628. The van der Waals surface area contributed by atoms with Crippen molar-refractivity contribution in [2.75, 3.05) is 6.61 Å². The van der Waals surface area contributed by atoms with E-state index in [2.05, 4.69) is 12.1 Å². The smallest absolute Gasteiger partial charge is 0.310 e. The molecule has 1 saturated heterocycles. The number of fused-ring (bicyclic) bond motifs is 1. The second-order valence-corrected chi connectivity index (χ2v) is 3.76. The topological polar surface area (TPSA) is 26.3 Å². The summed E-state index contributed by atoms with van der Waals surface area (Å²) < 4.78 is 4.93. The van der Waals surface area contributed by atoms with Gasteiger partial charge in [-0.05, 0) is 5.56 Å². The first kappa shape index (κ1) is 7.13. The number of hydrogen-bond acceptors (Lipinski definition) is 2. The van der Waals surface area contributed by atoms with E-state index in [4.69, 9.17) is 4.74 Å². The van der Waals surface area contributed by atoms with Crippen molar-refractivity contribution in [2.24, 2.45) is 11.8 Å². The molecule has 1 aliphatic heterocycles. The zero-order chi connectivity index (χ0) is 8.84. The molecule has 0 spiro atoms. The quantitative estimate of drug-likeness (QED) is 0.604. The molecule has 1 heterocycles. The van der Waals surface area contributed by atoms with E-state index in [0.717, 1.165) is 0 Å². The van der Waals surface area contributed by atoms with Gasteiger partial charge in [0.25, 0.3) is 0 Å². The predicted molar refractivity (Wildman–Crippen MR) is 47.1 cm³/mol. The van der Waals surface area contributed by atoms with Crippen LogP contribution in [0, 0.1) is 11.8 Å². The molecule has 1 aliphatic carbocycles. The Morgan fingerprint density at radius 1 is 1.15 bits per heavy atom. The third-order valence-corrected chi connectivity index (χ3v) is 3.04. The zero-order valence-electron chi connectivity index (χ0n) is 7.14. The Bertz CT molecular complexity index is 344. The molecule has 0 aromatic heterocycles. The fourth-order valence-electron chi connectivity index (χ4n) is 2.31. The monoisotopic (exact) mass is 174 g/mol. The first-order chi connectivity index (χ1) is 6.38. The van der Waals surface area contributed by atoms with Gasteiger partial charge in [0.15, 0.2) is 0 Å². The highest BCUT2D eigenvalue weighted by molar-refractivity contribution is 5.80. The van der Waals surface area contributed by atoms with Gasteiger partial charge in [-0.25, -0.2) is 0 Å². The van der Waals surface area contributed by atoms with Crippen LogP contribution in [0.15, 0.2) is 30.3 Å². The van der Waals surface area contributed by atoms with Crippen molar-refractivity contribution in [2.45, 2.75) is 5.92 Å². The maximum Gasteiger partial charge on any atom is 0.310 e. The van der Waals surface area contributed by atoms with Gasteiger partial charge in [-0.1, -0.05) is 30.3 Å². The van der Waals surface area contributed by atoms with Crippen molar-refractivity contribution in [3.63, 3.8) is 0 Å². The number of rotatable bonds is 1. The SMILES string of the molecule is O=C1OC[C@H]2[C@@H]1[C@@H]2c1ccccc1. The lowest BCUT2D eigenvalue weighted by molar-refractivity contribution is -0.141. The van der Waals surface area contributed by atoms with Crippen LogP contribution < -0.4 is 0 Å². The zero-order valence-corrected chi connectivity index (χ0v) is 7.14. The average Bonchev–Trinajstić information content (AvgIpc) is 2.80. The van der Waals surface area contributed by atoms with E-state index in [-0.39, 0.29) is 11.9 Å². The first-order valence-corrected chi connectivity index (χ1v) is 4.59. The molecule has 0 N–H and O–H groups in total. The second kappa shape index (κ2) is 2.34. The average molecular weight is 174 g/mol. The van der Waals surface area contributed by atoms with Gasteiger partial charge >= 0.3 is 5.97 Å². The number of ether oxygens (including phenoxy) is 1. The van der Waals surface area contributed by atoms with Crippen LogP contribution in [0.25, 0.3) is 0 Å². The molecule has 2 aliphatic rings. The molecular weight excluding hydrogens is 164 g/mol. The summed E-state index contributed by atoms with van der Waals surface area (Å²) in [5.74, 6) is 1.08. The molecule has 1 aromatic carbocycles. The molecular formula is C11H10O2.